The van der Waals surface area contributed by atoms with E-state index in [0.717, 1.165) is 5.56 Å². The summed E-state index contributed by atoms with van der Waals surface area (Å²) in [7, 11) is 0. The highest BCUT2D eigenvalue weighted by atomic mass is 35.5. The normalized spacial score (nSPS) is 10.8. The van der Waals surface area contributed by atoms with Crippen LogP contribution in [-0.2, 0) is 0 Å². The molecule has 106 valence electrons. The number of nitrogens with one attached hydrogen (secondary N) is 1. The van der Waals surface area contributed by atoms with Crippen molar-refractivity contribution >= 4 is 28.5 Å². The van der Waals surface area contributed by atoms with Gasteiger partial charge in [-0.05, 0) is 30.7 Å². The highest BCUT2D eigenvalue weighted by molar-refractivity contribution is 6.33. The molecule has 21 heavy (non-hydrogen) atoms. The Balaban J connectivity index is 2.44. The Labute approximate surface area is 126 Å². The van der Waals surface area contributed by atoms with Gasteiger partial charge in [-0.15, -0.1) is 0 Å². The number of anilines is 1. The molecular weight excluding hydrogens is 288 g/mol. The lowest BCUT2D eigenvalue weighted by Crippen LogP contribution is -2.26. The molecule has 3 aromatic rings. The van der Waals surface area contributed by atoms with Crippen LogP contribution in [0.3, 0.4) is 0 Å². The number of aromatic nitrogens is 2. The molecule has 0 bridgehead atoms. The zero-order valence-corrected chi connectivity index (χ0v) is 12.1. The Morgan fingerprint density at radius 2 is 1.95 bits per heavy atom. The van der Waals surface area contributed by atoms with Crippen LogP contribution in [0.2, 0.25) is 5.02 Å². The Bertz CT molecular complexity index is 888. The molecule has 0 atom stereocenters. The summed E-state index contributed by atoms with van der Waals surface area (Å²) in [6, 6.07) is 12.6. The van der Waals surface area contributed by atoms with Crippen molar-refractivity contribution in [2.75, 3.05) is 5.43 Å². The molecule has 0 fully saturated rings. The molecule has 0 amide bonds. The first kappa shape index (κ1) is 13.6. The molecule has 6 heteroatoms. The van der Waals surface area contributed by atoms with Gasteiger partial charge in [0.1, 0.15) is 0 Å². The minimum absolute atomic E-state index is 0.221. The number of fused-ring (bicyclic) bond motifs is 1. The molecule has 1 aromatic heterocycles. The molecule has 3 rings (SSSR count). The Morgan fingerprint density at radius 3 is 2.71 bits per heavy atom. The van der Waals surface area contributed by atoms with Gasteiger partial charge >= 0.3 is 0 Å². The highest BCUT2D eigenvalue weighted by Crippen LogP contribution is 2.25. The molecule has 0 aliphatic heterocycles. The van der Waals surface area contributed by atoms with Crippen LogP contribution in [0.15, 0.2) is 47.3 Å². The first-order valence-corrected chi connectivity index (χ1v) is 6.75. The van der Waals surface area contributed by atoms with Crippen molar-refractivity contribution in [1.29, 1.82) is 0 Å². The number of nitrogens with zero attached hydrogens (tertiary/aromatic N) is 2. The zero-order chi connectivity index (χ0) is 15.0. The third kappa shape index (κ3) is 2.16. The standard InChI is InChI=1S/C15H13ClN4O/c1-9-5-4-8-12(13(9)16)20-14(21)10-6-2-3-7-11(10)18-15(20)19-17/h2-8H,17H2,1H3,(H,18,19). The van der Waals surface area contributed by atoms with E-state index >= 15 is 0 Å². The molecule has 0 saturated carbocycles. The van der Waals surface area contributed by atoms with E-state index in [9.17, 15) is 4.79 Å². The molecule has 0 saturated heterocycles. The van der Waals surface area contributed by atoms with Gasteiger partial charge in [-0.2, -0.15) is 0 Å². The van der Waals surface area contributed by atoms with Gasteiger partial charge in [0, 0.05) is 0 Å². The highest BCUT2D eigenvalue weighted by Gasteiger charge is 2.14. The predicted octanol–water partition coefficient (Wildman–Crippen LogP) is 2.63. The van der Waals surface area contributed by atoms with Crippen molar-refractivity contribution in [2.24, 2.45) is 5.84 Å². The van der Waals surface area contributed by atoms with Crippen molar-refractivity contribution in [1.82, 2.24) is 9.55 Å². The number of para-hydroxylation sites is 1. The third-order valence-electron chi connectivity index (χ3n) is 3.32. The molecular formula is C15H13ClN4O. The molecule has 0 unspecified atom stereocenters. The lowest BCUT2D eigenvalue weighted by molar-refractivity contribution is 0.954. The number of hydrogen-bond donors (Lipinski definition) is 2. The van der Waals surface area contributed by atoms with Gasteiger partial charge in [0.15, 0.2) is 0 Å². The number of nitrogen functional groups attached to an aromatic ring is 1. The zero-order valence-electron chi connectivity index (χ0n) is 11.3. The summed E-state index contributed by atoms with van der Waals surface area (Å²) in [5.41, 5.74) is 4.25. The molecule has 1 heterocycles. The second-order valence-corrected chi connectivity index (χ2v) is 5.02. The molecule has 2 aromatic carbocycles. The molecule has 0 aliphatic rings. The van der Waals surface area contributed by atoms with Crippen molar-refractivity contribution in [2.45, 2.75) is 6.92 Å². The summed E-state index contributed by atoms with van der Waals surface area (Å²) in [6.07, 6.45) is 0. The maximum Gasteiger partial charge on any atom is 0.267 e. The van der Waals surface area contributed by atoms with E-state index in [1.165, 1.54) is 4.57 Å². The fourth-order valence-electron chi connectivity index (χ4n) is 2.26. The van der Waals surface area contributed by atoms with E-state index in [2.05, 4.69) is 10.4 Å². The van der Waals surface area contributed by atoms with E-state index in [-0.39, 0.29) is 11.5 Å². The SMILES string of the molecule is Cc1cccc(-n2c(NN)nc3ccccc3c2=O)c1Cl. The van der Waals surface area contributed by atoms with E-state index < -0.39 is 0 Å². The van der Waals surface area contributed by atoms with E-state index in [1.54, 1.807) is 24.3 Å². The summed E-state index contributed by atoms with van der Waals surface area (Å²) >= 11 is 6.32. The number of hydrazine groups is 1. The number of aryl methyl sites for hydroxylation is 1. The summed E-state index contributed by atoms with van der Waals surface area (Å²) in [5.74, 6) is 5.76. The van der Waals surface area contributed by atoms with Gasteiger partial charge in [0.05, 0.1) is 21.6 Å². The van der Waals surface area contributed by atoms with Crippen LogP contribution in [0.5, 0.6) is 0 Å². The maximum atomic E-state index is 12.7. The van der Waals surface area contributed by atoms with E-state index in [1.807, 2.05) is 25.1 Å². The van der Waals surface area contributed by atoms with Gasteiger partial charge < -0.3 is 0 Å². The van der Waals surface area contributed by atoms with Gasteiger partial charge in [0.25, 0.3) is 5.56 Å². The van der Waals surface area contributed by atoms with Crippen molar-refractivity contribution in [3.8, 4) is 5.69 Å². The fourth-order valence-corrected chi connectivity index (χ4v) is 2.47. The van der Waals surface area contributed by atoms with Crippen LogP contribution < -0.4 is 16.8 Å². The minimum Gasteiger partial charge on any atom is -0.293 e. The predicted molar refractivity (Wildman–Crippen MR) is 84.9 cm³/mol. The maximum absolute atomic E-state index is 12.7. The number of halogens is 1. The fraction of sp³-hybridized carbons (Fsp3) is 0.0667. The Kier molecular flexibility index (Phi) is 3.37. The van der Waals surface area contributed by atoms with Crippen LogP contribution in [0.4, 0.5) is 5.95 Å². The first-order valence-electron chi connectivity index (χ1n) is 6.37. The average Bonchev–Trinajstić information content (AvgIpc) is 2.50. The summed E-state index contributed by atoms with van der Waals surface area (Å²) in [6.45, 7) is 1.88. The quantitative estimate of drug-likeness (QED) is 0.564. The van der Waals surface area contributed by atoms with Crippen LogP contribution in [0.25, 0.3) is 16.6 Å². The van der Waals surface area contributed by atoms with E-state index in [0.29, 0.717) is 21.6 Å². The lowest BCUT2D eigenvalue weighted by atomic mass is 10.2. The molecule has 0 aliphatic carbocycles. The average molecular weight is 301 g/mol. The van der Waals surface area contributed by atoms with E-state index in [4.69, 9.17) is 17.4 Å². The largest absolute Gasteiger partial charge is 0.293 e. The molecule has 0 spiro atoms. The number of rotatable bonds is 2. The number of benzene rings is 2. The van der Waals surface area contributed by atoms with Crippen molar-refractivity contribution < 1.29 is 0 Å². The molecule has 3 N–H and O–H groups in total. The van der Waals surface area contributed by atoms with Crippen LogP contribution in [0.1, 0.15) is 5.56 Å². The van der Waals surface area contributed by atoms with Crippen LogP contribution in [-0.4, -0.2) is 9.55 Å². The Hall–Kier alpha value is -2.37. The smallest absolute Gasteiger partial charge is 0.267 e. The minimum atomic E-state index is -0.221. The van der Waals surface area contributed by atoms with Crippen LogP contribution >= 0.6 is 11.6 Å². The van der Waals surface area contributed by atoms with Gasteiger partial charge in [-0.25, -0.2) is 15.4 Å². The van der Waals surface area contributed by atoms with Crippen molar-refractivity contribution in [3.05, 3.63) is 63.4 Å². The van der Waals surface area contributed by atoms with Crippen LogP contribution in [0, 0.1) is 6.92 Å². The summed E-state index contributed by atoms with van der Waals surface area (Å²) < 4.78 is 1.39. The van der Waals surface area contributed by atoms with Gasteiger partial charge in [-0.1, -0.05) is 35.9 Å². The van der Waals surface area contributed by atoms with Gasteiger partial charge in [0.2, 0.25) is 5.95 Å². The molecule has 5 nitrogen and oxygen atoms in total. The first-order chi connectivity index (χ1) is 10.1. The second-order valence-electron chi connectivity index (χ2n) is 4.65. The lowest BCUT2D eigenvalue weighted by Gasteiger charge is -2.14. The second kappa shape index (κ2) is 5.20. The van der Waals surface area contributed by atoms with Crippen molar-refractivity contribution in [3.63, 3.8) is 0 Å². The summed E-state index contributed by atoms with van der Waals surface area (Å²) in [4.78, 5) is 17.1. The number of nitrogens with two attached hydrogens (primary N) is 1. The topological polar surface area (TPSA) is 72.9 Å². The third-order valence-corrected chi connectivity index (χ3v) is 3.81. The molecule has 0 radical (unpaired) electrons. The monoisotopic (exact) mass is 300 g/mol. The number of hydrogen-bond acceptors (Lipinski definition) is 4. The van der Waals surface area contributed by atoms with Gasteiger partial charge in [-0.3, -0.25) is 10.2 Å². The summed E-state index contributed by atoms with van der Waals surface area (Å²) in [5, 5.41) is 1.00. The Morgan fingerprint density at radius 1 is 1.19 bits per heavy atom.